The highest BCUT2D eigenvalue weighted by molar-refractivity contribution is 7.92. The highest BCUT2D eigenvalue weighted by Crippen LogP contribution is 2.17. The van der Waals surface area contributed by atoms with Gasteiger partial charge in [-0.05, 0) is 6.07 Å². The molecule has 0 aliphatic carbocycles. The van der Waals surface area contributed by atoms with Gasteiger partial charge in [0.05, 0.1) is 11.8 Å². The third-order valence-corrected chi connectivity index (χ3v) is 3.37. The zero-order valence-corrected chi connectivity index (χ0v) is 9.95. The molecule has 1 rings (SSSR count). The van der Waals surface area contributed by atoms with Crippen LogP contribution in [-0.4, -0.2) is 26.3 Å². The molecule has 0 radical (unpaired) electrons. The lowest BCUT2D eigenvalue weighted by Crippen LogP contribution is -2.32. The summed E-state index contributed by atoms with van der Waals surface area (Å²) in [5.41, 5.74) is -0.237. The Hall–Kier alpha value is -1.81. The number of sulfonamides is 1. The Morgan fingerprint density at radius 3 is 2.44 bits per heavy atom. The molecule has 0 atom stereocenters. The molecule has 1 heterocycles. The number of hydrogen-bond acceptors (Lipinski definition) is 4. The fourth-order valence-electron chi connectivity index (χ4n) is 1.25. The zero-order chi connectivity index (χ0) is 12.5. The third-order valence-electron chi connectivity index (χ3n) is 2.20. The minimum atomic E-state index is -3.51. The van der Waals surface area contributed by atoms with Crippen LogP contribution in [0.15, 0.2) is 16.9 Å². The summed E-state index contributed by atoms with van der Waals surface area (Å²) in [4.78, 5) is 11.4. The van der Waals surface area contributed by atoms with E-state index in [9.17, 15) is 13.2 Å². The Labute approximate surface area is 93.4 Å². The third kappa shape index (κ3) is 2.06. The lowest BCUT2D eigenvalue weighted by molar-refractivity contribution is 0.598. The first-order valence-corrected chi connectivity index (χ1v) is 6.18. The molecular formula is C9H11N3O3S. The first kappa shape index (κ1) is 12.3. The van der Waals surface area contributed by atoms with Crippen LogP contribution < -0.4 is 9.86 Å². The quantitative estimate of drug-likeness (QED) is 0.708. The molecule has 86 valence electrons. The van der Waals surface area contributed by atoms with E-state index in [0.29, 0.717) is 0 Å². The van der Waals surface area contributed by atoms with Gasteiger partial charge >= 0.3 is 0 Å². The molecule has 0 saturated heterocycles. The van der Waals surface area contributed by atoms with Gasteiger partial charge in [0.2, 0.25) is 10.0 Å². The van der Waals surface area contributed by atoms with E-state index in [0.717, 1.165) is 15.1 Å². The van der Waals surface area contributed by atoms with E-state index in [2.05, 4.69) is 0 Å². The summed E-state index contributed by atoms with van der Waals surface area (Å²) in [6.45, 7) is 0. The van der Waals surface area contributed by atoms with Crippen molar-refractivity contribution in [2.24, 2.45) is 7.05 Å². The van der Waals surface area contributed by atoms with E-state index in [1.807, 2.05) is 6.07 Å². The summed E-state index contributed by atoms with van der Waals surface area (Å²) in [6.07, 6.45) is 1.01. The maximum absolute atomic E-state index is 11.4. The summed E-state index contributed by atoms with van der Waals surface area (Å²) in [5.74, 6) is 0.0671. The van der Waals surface area contributed by atoms with E-state index < -0.39 is 10.0 Å². The molecule has 6 nitrogen and oxygen atoms in total. The van der Waals surface area contributed by atoms with E-state index >= 15 is 0 Å². The lowest BCUT2D eigenvalue weighted by Gasteiger charge is -2.20. The van der Waals surface area contributed by atoms with Crippen molar-refractivity contribution in [2.45, 2.75) is 0 Å². The average molecular weight is 241 g/mol. The van der Waals surface area contributed by atoms with Crippen LogP contribution in [0.5, 0.6) is 0 Å². The maximum atomic E-state index is 11.4. The second-order valence-electron chi connectivity index (χ2n) is 3.31. The first-order chi connectivity index (χ1) is 7.29. The van der Waals surface area contributed by atoms with Gasteiger partial charge in [0, 0.05) is 20.2 Å². The summed E-state index contributed by atoms with van der Waals surface area (Å²) in [5, 5.41) is 8.86. The number of hydrogen-bond donors (Lipinski definition) is 0. The van der Waals surface area contributed by atoms with Crippen LogP contribution in [0, 0.1) is 11.3 Å². The van der Waals surface area contributed by atoms with Crippen molar-refractivity contribution in [3.8, 4) is 6.07 Å². The molecule has 0 spiro atoms. The van der Waals surface area contributed by atoms with Gasteiger partial charge in [-0.3, -0.25) is 13.7 Å². The van der Waals surface area contributed by atoms with Crippen LogP contribution >= 0.6 is 0 Å². The van der Waals surface area contributed by atoms with Crippen LogP contribution in [0.4, 0.5) is 5.82 Å². The van der Waals surface area contributed by atoms with Crippen LogP contribution in [0.2, 0.25) is 0 Å². The predicted molar refractivity (Wildman–Crippen MR) is 59.6 cm³/mol. The number of nitriles is 1. The molecule has 1 aromatic rings. The van der Waals surface area contributed by atoms with Gasteiger partial charge in [0.1, 0.15) is 11.9 Å². The van der Waals surface area contributed by atoms with Crippen LogP contribution in [0.3, 0.4) is 0 Å². The summed E-state index contributed by atoms with van der Waals surface area (Å²) >= 11 is 0. The minimum Gasteiger partial charge on any atom is -0.296 e. The molecule has 0 aliphatic heterocycles. The second kappa shape index (κ2) is 3.98. The van der Waals surface area contributed by atoms with Crippen LogP contribution in [-0.2, 0) is 17.1 Å². The van der Waals surface area contributed by atoms with Gasteiger partial charge in [0.15, 0.2) is 0 Å². The van der Waals surface area contributed by atoms with Crippen molar-refractivity contribution in [3.05, 3.63) is 28.0 Å². The molecule has 0 N–H and O–H groups in total. The number of aromatic nitrogens is 1. The predicted octanol–water partition coefficient (Wildman–Crippen LogP) is -0.347. The van der Waals surface area contributed by atoms with Gasteiger partial charge in [-0.1, -0.05) is 0 Å². The van der Waals surface area contributed by atoms with Gasteiger partial charge < -0.3 is 0 Å². The van der Waals surface area contributed by atoms with Crippen LogP contribution in [0.25, 0.3) is 0 Å². The normalized spacial score (nSPS) is 10.9. The molecule has 1 aromatic heterocycles. The Morgan fingerprint density at radius 1 is 1.44 bits per heavy atom. The Morgan fingerprint density at radius 2 is 2.00 bits per heavy atom. The topological polar surface area (TPSA) is 83.2 Å². The minimum absolute atomic E-state index is 0.0671. The van der Waals surface area contributed by atoms with Crippen LogP contribution in [0.1, 0.15) is 5.56 Å². The SMILES string of the molecule is CN(c1c(C#N)ccc(=O)n1C)S(C)(=O)=O. The summed E-state index contributed by atoms with van der Waals surface area (Å²) in [7, 11) is -0.792. The fourth-order valence-corrected chi connectivity index (χ4v) is 1.79. The summed E-state index contributed by atoms with van der Waals surface area (Å²) < 4.78 is 24.8. The van der Waals surface area contributed by atoms with Crippen molar-refractivity contribution in [2.75, 3.05) is 17.6 Å². The number of anilines is 1. The number of nitrogens with zero attached hydrogens (tertiary/aromatic N) is 3. The molecule has 0 unspecified atom stereocenters. The van der Waals surface area contributed by atoms with E-state index in [-0.39, 0.29) is 16.9 Å². The largest absolute Gasteiger partial charge is 0.296 e. The Balaban J connectivity index is 3.62. The highest BCUT2D eigenvalue weighted by atomic mass is 32.2. The fraction of sp³-hybridized carbons (Fsp3) is 0.333. The highest BCUT2D eigenvalue weighted by Gasteiger charge is 2.19. The first-order valence-electron chi connectivity index (χ1n) is 4.33. The molecule has 0 aromatic carbocycles. The molecule has 0 saturated carbocycles. The van der Waals surface area contributed by atoms with E-state index in [1.165, 1.54) is 26.2 Å². The van der Waals surface area contributed by atoms with Gasteiger partial charge in [-0.15, -0.1) is 0 Å². The van der Waals surface area contributed by atoms with Gasteiger partial charge in [-0.2, -0.15) is 5.26 Å². The monoisotopic (exact) mass is 241 g/mol. The molecule has 0 bridgehead atoms. The van der Waals surface area contributed by atoms with Gasteiger partial charge in [-0.25, -0.2) is 8.42 Å². The molecule has 7 heteroatoms. The van der Waals surface area contributed by atoms with Crippen molar-refractivity contribution >= 4 is 15.8 Å². The molecule has 0 amide bonds. The van der Waals surface area contributed by atoms with Crippen molar-refractivity contribution in [1.82, 2.24) is 4.57 Å². The molecule has 16 heavy (non-hydrogen) atoms. The van der Waals surface area contributed by atoms with E-state index in [4.69, 9.17) is 5.26 Å². The van der Waals surface area contributed by atoms with E-state index in [1.54, 1.807) is 0 Å². The number of pyridine rings is 1. The smallest absolute Gasteiger partial charge is 0.251 e. The summed E-state index contributed by atoms with van der Waals surface area (Å²) in [6, 6.07) is 4.38. The Bertz CT molecular complexity index is 610. The molecular weight excluding hydrogens is 230 g/mol. The van der Waals surface area contributed by atoms with Crippen molar-refractivity contribution < 1.29 is 8.42 Å². The molecule has 0 aliphatic rings. The maximum Gasteiger partial charge on any atom is 0.251 e. The second-order valence-corrected chi connectivity index (χ2v) is 5.32. The molecule has 0 fully saturated rings. The van der Waals surface area contributed by atoms with Crippen molar-refractivity contribution in [1.29, 1.82) is 5.26 Å². The lowest BCUT2D eigenvalue weighted by atomic mass is 10.3. The van der Waals surface area contributed by atoms with Crippen molar-refractivity contribution in [3.63, 3.8) is 0 Å². The number of rotatable bonds is 2. The average Bonchev–Trinajstić information content (AvgIpc) is 2.19. The standard InChI is InChI=1S/C9H11N3O3S/c1-11-8(13)5-4-7(6-10)9(11)12(2)16(3,14)15/h4-5H,1-3H3. The Kier molecular flexibility index (Phi) is 3.05. The van der Waals surface area contributed by atoms with Gasteiger partial charge in [0.25, 0.3) is 5.56 Å². The zero-order valence-electron chi connectivity index (χ0n) is 9.13.